The van der Waals surface area contributed by atoms with Crippen molar-refractivity contribution in [1.29, 1.82) is 0 Å². The van der Waals surface area contributed by atoms with Gasteiger partial charge in [0.25, 0.3) is 0 Å². The van der Waals surface area contributed by atoms with Crippen molar-refractivity contribution in [3.63, 3.8) is 0 Å². The van der Waals surface area contributed by atoms with E-state index in [1.807, 2.05) is 6.92 Å². The topological polar surface area (TPSA) is 47.6 Å². The molecule has 2 rings (SSSR count). The van der Waals surface area contributed by atoms with E-state index in [-0.39, 0.29) is 12.1 Å². The van der Waals surface area contributed by atoms with Gasteiger partial charge in [0, 0.05) is 19.1 Å². The molecule has 2 aliphatic rings. The minimum absolute atomic E-state index is 0.100. The first-order valence-corrected chi connectivity index (χ1v) is 6.67. The van der Waals surface area contributed by atoms with E-state index in [0.717, 1.165) is 19.3 Å². The second-order valence-corrected chi connectivity index (χ2v) is 5.21. The first-order chi connectivity index (χ1) is 8.19. The molecule has 0 aromatic carbocycles. The first kappa shape index (κ1) is 12.8. The van der Waals surface area contributed by atoms with Crippen LogP contribution in [0.15, 0.2) is 0 Å². The van der Waals surface area contributed by atoms with Gasteiger partial charge in [-0.25, -0.2) is 4.79 Å². The van der Waals surface area contributed by atoms with Crippen molar-refractivity contribution < 1.29 is 14.3 Å². The minimum Gasteiger partial charge on any atom is -0.468 e. The summed E-state index contributed by atoms with van der Waals surface area (Å²) in [7, 11) is 1.46. The fourth-order valence-corrected chi connectivity index (χ4v) is 3.05. The SMILES string of the molecule is COC(=O)C1(NC2CCCCC2)CCOC1C. The average molecular weight is 241 g/mol. The van der Waals surface area contributed by atoms with Gasteiger partial charge in [0.15, 0.2) is 0 Å². The third-order valence-electron chi connectivity index (χ3n) is 4.17. The molecule has 1 N–H and O–H groups in total. The average Bonchev–Trinajstić information content (AvgIpc) is 2.72. The van der Waals surface area contributed by atoms with Gasteiger partial charge >= 0.3 is 5.97 Å². The second-order valence-electron chi connectivity index (χ2n) is 5.21. The zero-order valence-corrected chi connectivity index (χ0v) is 10.8. The predicted molar refractivity (Wildman–Crippen MR) is 64.8 cm³/mol. The Morgan fingerprint density at radius 1 is 1.35 bits per heavy atom. The van der Waals surface area contributed by atoms with Crippen molar-refractivity contribution in [3.05, 3.63) is 0 Å². The molecule has 2 unspecified atom stereocenters. The van der Waals surface area contributed by atoms with E-state index in [4.69, 9.17) is 9.47 Å². The molecule has 98 valence electrons. The Balaban J connectivity index is 2.07. The molecule has 1 aliphatic carbocycles. The molecule has 0 aromatic rings. The van der Waals surface area contributed by atoms with Gasteiger partial charge in [0.1, 0.15) is 5.54 Å². The Morgan fingerprint density at radius 3 is 2.59 bits per heavy atom. The summed E-state index contributed by atoms with van der Waals surface area (Å²) in [6.07, 6.45) is 6.76. The molecule has 4 nitrogen and oxygen atoms in total. The first-order valence-electron chi connectivity index (χ1n) is 6.67. The number of hydrogen-bond acceptors (Lipinski definition) is 4. The van der Waals surface area contributed by atoms with E-state index >= 15 is 0 Å². The van der Waals surface area contributed by atoms with E-state index in [2.05, 4.69) is 5.32 Å². The number of nitrogens with one attached hydrogen (secondary N) is 1. The highest BCUT2D eigenvalue weighted by atomic mass is 16.5. The largest absolute Gasteiger partial charge is 0.468 e. The number of esters is 1. The van der Waals surface area contributed by atoms with Gasteiger partial charge in [-0.3, -0.25) is 5.32 Å². The Kier molecular flexibility index (Phi) is 4.05. The predicted octanol–water partition coefficient (Wildman–Crippen LogP) is 1.63. The third-order valence-corrected chi connectivity index (χ3v) is 4.17. The van der Waals surface area contributed by atoms with Crippen LogP contribution in [-0.2, 0) is 14.3 Å². The number of carbonyl (C=O) groups excluding carboxylic acids is 1. The number of hydrogen-bond donors (Lipinski definition) is 1. The molecule has 2 atom stereocenters. The Labute approximate surface area is 103 Å². The lowest BCUT2D eigenvalue weighted by molar-refractivity contribution is -0.151. The molecule has 0 bridgehead atoms. The fraction of sp³-hybridized carbons (Fsp3) is 0.923. The van der Waals surface area contributed by atoms with Gasteiger partial charge in [-0.15, -0.1) is 0 Å². The van der Waals surface area contributed by atoms with Crippen LogP contribution in [-0.4, -0.2) is 37.4 Å². The lowest BCUT2D eigenvalue weighted by Gasteiger charge is -2.36. The molecule has 1 saturated heterocycles. The maximum atomic E-state index is 12.1. The molecule has 0 amide bonds. The van der Waals surface area contributed by atoms with Gasteiger partial charge in [0.2, 0.25) is 0 Å². The van der Waals surface area contributed by atoms with Crippen LogP contribution in [0.1, 0.15) is 45.4 Å². The summed E-state index contributed by atoms with van der Waals surface area (Å²) in [4.78, 5) is 12.1. The molecule has 0 radical (unpaired) electrons. The molecule has 0 aromatic heterocycles. The highest BCUT2D eigenvalue weighted by Crippen LogP contribution is 2.30. The number of ether oxygens (including phenoxy) is 2. The molecular formula is C13H23NO3. The molecule has 1 heterocycles. The Hall–Kier alpha value is -0.610. The van der Waals surface area contributed by atoms with Crippen LogP contribution >= 0.6 is 0 Å². The quantitative estimate of drug-likeness (QED) is 0.763. The molecule has 0 spiro atoms. The summed E-state index contributed by atoms with van der Waals surface area (Å²) in [6.45, 7) is 2.59. The van der Waals surface area contributed by atoms with E-state index in [1.54, 1.807) is 0 Å². The zero-order chi connectivity index (χ0) is 12.3. The molecule has 2 fully saturated rings. The van der Waals surface area contributed by atoms with Crippen LogP contribution in [0.3, 0.4) is 0 Å². The van der Waals surface area contributed by atoms with E-state index in [1.165, 1.54) is 26.4 Å². The van der Waals surface area contributed by atoms with Crippen molar-refractivity contribution in [2.45, 2.75) is 63.1 Å². The minimum atomic E-state index is -0.614. The molecule has 17 heavy (non-hydrogen) atoms. The molecule has 1 saturated carbocycles. The van der Waals surface area contributed by atoms with Crippen molar-refractivity contribution >= 4 is 5.97 Å². The smallest absolute Gasteiger partial charge is 0.328 e. The summed E-state index contributed by atoms with van der Waals surface area (Å²) < 4.78 is 10.5. The summed E-state index contributed by atoms with van der Waals surface area (Å²) in [5.41, 5.74) is -0.614. The maximum absolute atomic E-state index is 12.1. The summed E-state index contributed by atoms with van der Waals surface area (Å²) >= 11 is 0. The lowest BCUT2D eigenvalue weighted by Crippen LogP contribution is -2.60. The van der Waals surface area contributed by atoms with Crippen LogP contribution in [0.4, 0.5) is 0 Å². The van der Waals surface area contributed by atoms with Crippen molar-refractivity contribution in [2.75, 3.05) is 13.7 Å². The van der Waals surface area contributed by atoms with E-state index in [9.17, 15) is 4.79 Å². The van der Waals surface area contributed by atoms with Crippen LogP contribution in [0.5, 0.6) is 0 Å². The van der Waals surface area contributed by atoms with Crippen molar-refractivity contribution in [3.8, 4) is 0 Å². The number of carbonyl (C=O) groups is 1. The number of rotatable bonds is 3. The highest BCUT2D eigenvalue weighted by Gasteiger charge is 2.50. The van der Waals surface area contributed by atoms with Crippen LogP contribution in [0, 0.1) is 0 Å². The van der Waals surface area contributed by atoms with Gasteiger partial charge in [-0.1, -0.05) is 19.3 Å². The number of methoxy groups -OCH3 is 1. The normalized spacial score (nSPS) is 34.8. The standard InChI is InChI=1S/C13H23NO3/c1-10-13(8-9-17-10,12(15)16-2)14-11-6-4-3-5-7-11/h10-11,14H,3-9H2,1-2H3. The maximum Gasteiger partial charge on any atom is 0.328 e. The van der Waals surface area contributed by atoms with E-state index in [0.29, 0.717) is 12.6 Å². The van der Waals surface area contributed by atoms with Crippen LogP contribution in [0.2, 0.25) is 0 Å². The van der Waals surface area contributed by atoms with Crippen molar-refractivity contribution in [2.24, 2.45) is 0 Å². The highest BCUT2D eigenvalue weighted by molar-refractivity contribution is 5.82. The summed E-state index contributed by atoms with van der Waals surface area (Å²) in [5.74, 6) is -0.173. The molecular weight excluding hydrogens is 218 g/mol. The van der Waals surface area contributed by atoms with Crippen molar-refractivity contribution in [1.82, 2.24) is 5.32 Å². The lowest BCUT2D eigenvalue weighted by atomic mass is 9.87. The molecule has 4 heteroatoms. The summed E-state index contributed by atoms with van der Waals surface area (Å²) in [5, 5.41) is 3.53. The Morgan fingerprint density at radius 2 is 2.06 bits per heavy atom. The van der Waals surface area contributed by atoms with Crippen LogP contribution in [0.25, 0.3) is 0 Å². The van der Waals surface area contributed by atoms with Gasteiger partial charge in [-0.05, 0) is 19.8 Å². The third kappa shape index (κ3) is 2.47. The van der Waals surface area contributed by atoms with Crippen LogP contribution < -0.4 is 5.32 Å². The second kappa shape index (κ2) is 5.36. The van der Waals surface area contributed by atoms with Gasteiger partial charge < -0.3 is 9.47 Å². The Bertz CT molecular complexity index is 276. The monoisotopic (exact) mass is 241 g/mol. The van der Waals surface area contributed by atoms with Gasteiger partial charge in [0.05, 0.1) is 13.2 Å². The summed E-state index contributed by atoms with van der Waals surface area (Å²) in [6, 6.07) is 0.437. The fourth-order valence-electron chi connectivity index (χ4n) is 3.05. The van der Waals surface area contributed by atoms with Gasteiger partial charge in [-0.2, -0.15) is 0 Å². The molecule has 1 aliphatic heterocycles. The zero-order valence-electron chi connectivity index (χ0n) is 10.8. The van der Waals surface area contributed by atoms with E-state index < -0.39 is 5.54 Å².